The molecule has 0 unspecified atom stereocenters. The van der Waals surface area contributed by atoms with Crippen LogP contribution < -0.4 is 14.8 Å². The van der Waals surface area contributed by atoms with Crippen molar-refractivity contribution in [3.05, 3.63) is 88.7 Å². The summed E-state index contributed by atoms with van der Waals surface area (Å²) < 4.78 is 13.6. The van der Waals surface area contributed by atoms with E-state index < -0.39 is 0 Å². The largest absolute Gasteiger partial charge is 0.497 e. The molecule has 4 aromatic rings. The smallest absolute Gasteiger partial charge is 0.220 e. The summed E-state index contributed by atoms with van der Waals surface area (Å²) in [5.74, 6) is 3.30. The Kier molecular flexibility index (Phi) is 10.4. The van der Waals surface area contributed by atoms with E-state index in [4.69, 9.17) is 26.1 Å². The second kappa shape index (κ2) is 14.6. The molecular weight excluding hydrogens is 548 g/mol. The van der Waals surface area contributed by atoms with Crippen LogP contribution in [0.25, 0.3) is 11.0 Å². The summed E-state index contributed by atoms with van der Waals surface area (Å²) in [4.78, 5) is 19.9. The molecule has 5 rings (SSSR count). The monoisotopic (exact) mass is 588 g/mol. The van der Waals surface area contributed by atoms with E-state index in [-0.39, 0.29) is 5.91 Å². The van der Waals surface area contributed by atoms with E-state index in [9.17, 15) is 4.79 Å². The molecule has 2 heterocycles. The molecule has 222 valence electrons. The van der Waals surface area contributed by atoms with E-state index in [0.717, 1.165) is 85.8 Å². The number of para-hydroxylation sites is 1. The minimum Gasteiger partial charge on any atom is -0.497 e. The maximum absolute atomic E-state index is 12.4. The van der Waals surface area contributed by atoms with Crippen molar-refractivity contribution in [2.45, 2.75) is 58.7 Å². The number of carbonyl (C=O) groups excluding carboxylic acids is 1. The summed E-state index contributed by atoms with van der Waals surface area (Å²) in [5, 5.41) is 3.75. The molecule has 8 heteroatoms. The van der Waals surface area contributed by atoms with Gasteiger partial charge in [0.25, 0.3) is 0 Å². The van der Waals surface area contributed by atoms with Gasteiger partial charge >= 0.3 is 0 Å². The zero-order chi connectivity index (χ0) is 29.3. The zero-order valence-corrected chi connectivity index (χ0v) is 25.4. The number of imidazole rings is 1. The van der Waals surface area contributed by atoms with Crippen molar-refractivity contribution in [2.24, 2.45) is 5.92 Å². The van der Waals surface area contributed by atoms with Crippen LogP contribution in [-0.2, 0) is 24.5 Å². The molecule has 0 spiro atoms. The number of aryl methyl sites for hydroxylation is 2. The van der Waals surface area contributed by atoms with Crippen LogP contribution in [0.15, 0.2) is 66.7 Å². The number of ether oxygens (including phenoxy) is 2. The number of hydrogen-bond donors (Lipinski definition) is 1. The molecular formula is C34H41ClN4O3. The lowest BCUT2D eigenvalue weighted by atomic mass is 9.92. The fraction of sp³-hybridized carbons (Fsp3) is 0.412. The number of fused-ring (bicyclic) bond motifs is 1. The molecule has 1 aromatic heterocycles. The van der Waals surface area contributed by atoms with Crippen LogP contribution in [0.2, 0.25) is 5.02 Å². The first-order chi connectivity index (χ1) is 20.5. The molecule has 42 heavy (non-hydrogen) atoms. The number of aromatic nitrogens is 2. The first-order valence-corrected chi connectivity index (χ1v) is 15.3. The van der Waals surface area contributed by atoms with Gasteiger partial charge in [-0.15, -0.1) is 0 Å². The third-order valence-corrected chi connectivity index (χ3v) is 8.48. The Morgan fingerprint density at radius 3 is 2.48 bits per heavy atom. The topological polar surface area (TPSA) is 68.6 Å². The van der Waals surface area contributed by atoms with Gasteiger partial charge in [-0.2, -0.15) is 0 Å². The molecule has 0 radical (unpaired) electrons. The normalized spacial score (nSPS) is 14.3. The second-order valence-electron chi connectivity index (χ2n) is 11.2. The number of amides is 1. The van der Waals surface area contributed by atoms with Gasteiger partial charge in [0.2, 0.25) is 5.91 Å². The minimum atomic E-state index is 0.131. The standard InChI is InChI=1S/C34H41ClN4O3/c1-25-5-3-6-31-34(25)37-32(24-42-30-14-10-28(35)11-15-30)39(31)20-4-19-38-21-17-26(18-22-38)9-16-33(40)36-23-27-7-12-29(41-2)13-8-27/h3,5-8,10-15,26H,4,9,16-24H2,1-2H3,(H,36,40). The van der Waals surface area contributed by atoms with E-state index in [1.165, 1.54) is 5.56 Å². The molecule has 0 aliphatic carbocycles. The van der Waals surface area contributed by atoms with Gasteiger partial charge in [0.15, 0.2) is 0 Å². The van der Waals surface area contributed by atoms with Gasteiger partial charge in [0.1, 0.15) is 23.9 Å². The molecule has 3 aromatic carbocycles. The maximum Gasteiger partial charge on any atom is 0.220 e. The summed E-state index contributed by atoms with van der Waals surface area (Å²) in [7, 11) is 1.65. The number of nitrogens with one attached hydrogen (secondary N) is 1. The van der Waals surface area contributed by atoms with E-state index in [0.29, 0.717) is 30.5 Å². The molecule has 1 amide bonds. The quantitative estimate of drug-likeness (QED) is 0.186. The summed E-state index contributed by atoms with van der Waals surface area (Å²) in [6.45, 7) is 7.21. The van der Waals surface area contributed by atoms with Crippen molar-refractivity contribution in [3.63, 3.8) is 0 Å². The average Bonchev–Trinajstić information content (AvgIpc) is 3.38. The highest BCUT2D eigenvalue weighted by Crippen LogP contribution is 2.24. The van der Waals surface area contributed by atoms with Crippen LogP contribution in [0.1, 0.15) is 49.1 Å². The van der Waals surface area contributed by atoms with Crippen molar-refractivity contribution in [1.29, 1.82) is 0 Å². The molecule has 0 saturated carbocycles. The van der Waals surface area contributed by atoms with Crippen LogP contribution in [0.3, 0.4) is 0 Å². The van der Waals surface area contributed by atoms with Crippen LogP contribution in [-0.4, -0.2) is 47.1 Å². The van der Waals surface area contributed by atoms with E-state index in [1.54, 1.807) is 7.11 Å². The molecule has 1 aliphatic heterocycles. The third-order valence-electron chi connectivity index (χ3n) is 8.23. The Hall–Kier alpha value is -3.55. The Morgan fingerprint density at radius 1 is 1.00 bits per heavy atom. The Balaban J connectivity index is 1.05. The van der Waals surface area contributed by atoms with Gasteiger partial charge in [0, 0.05) is 24.5 Å². The first kappa shape index (κ1) is 29.9. The molecule has 1 aliphatic rings. The lowest BCUT2D eigenvalue weighted by Crippen LogP contribution is -2.35. The second-order valence-corrected chi connectivity index (χ2v) is 11.6. The fourth-order valence-electron chi connectivity index (χ4n) is 5.69. The van der Waals surface area contributed by atoms with Crippen LogP contribution in [0.5, 0.6) is 11.5 Å². The van der Waals surface area contributed by atoms with Crippen molar-refractivity contribution in [1.82, 2.24) is 19.8 Å². The number of halogens is 1. The van der Waals surface area contributed by atoms with Crippen LogP contribution in [0.4, 0.5) is 0 Å². The van der Waals surface area contributed by atoms with Crippen LogP contribution in [0, 0.1) is 12.8 Å². The Bertz CT molecular complexity index is 1440. The minimum absolute atomic E-state index is 0.131. The van der Waals surface area contributed by atoms with Crippen molar-refractivity contribution >= 4 is 28.5 Å². The number of rotatable bonds is 13. The fourth-order valence-corrected chi connectivity index (χ4v) is 5.82. The lowest BCUT2D eigenvalue weighted by Gasteiger charge is -2.32. The third kappa shape index (κ3) is 8.05. The van der Waals surface area contributed by atoms with Gasteiger partial charge in [0.05, 0.1) is 18.1 Å². The van der Waals surface area contributed by atoms with E-state index >= 15 is 0 Å². The Morgan fingerprint density at radius 2 is 1.74 bits per heavy atom. The van der Waals surface area contributed by atoms with Gasteiger partial charge < -0.3 is 24.3 Å². The molecule has 7 nitrogen and oxygen atoms in total. The van der Waals surface area contributed by atoms with Crippen LogP contribution >= 0.6 is 11.6 Å². The summed E-state index contributed by atoms with van der Waals surface area (Å²) in [6.07, 6.45) is 4.90. The molecule has 1 N–H and O–H groups in total. The number of carbonyl (C=O) groups is 1. The summed E-state index contributed by atoms with van der Waals surface area (Å²) in [6, 6.07) is 21.6. The SMILES string of the molecule is COc1ccc(CNC(=O)CCC2CCN(CCCn3c(COc4ccc(Cl)cc4)nc4c(C)cccc43)CC2)cc1. The highest BCUT2D eigenvalue weighted by Gasteiger charge is 2.20. The van der Waals surface area contributed by atoms with Gasteiger partial charge in [-0.25, -0.2) is 4.98 Å². The molecule has 0 bridgehead atoms. The van der Waals surface area contributed by atoms with Crippen molar-refractivity contribution in [3.8, 4) is 11.5 Å². The molecule has 0 atom stereocenters. The van der Waals surface area contributed by atoms with E-state index in [1.807, 2.05) is 48.5 Å². The maximum atomic E-state index is 12.4. The first-order valence-electron chi connectivity index (χ1n) is 14.9. The molecule has 1 saturated heterocycles. The van der Waals surface area contributed by atoms with Gasteiger partial charge in [-0.05, 0) is 112 Å². The number of benzene rings is 3. The van der Waals surface area contributed by atoms with Gasteiger partial charge in [-0.3, -0.25) is 4.79 Å². The predicted octanol–water partition coefficient (Wildman–Crippen LogP) is 6.78. The number of likely N-dealkylation sites (tertiary alicyclic amines) is 1. The van der Waals surface area contributed by atoms with E-state index in [2.05, 4.69) is 39.9 Å². The number of piperidine rings is 1. The van der Waals surface area contributed by atoms with Crippen molar-refractivity contribution < 1.29 is 14.3 Å². The predicted molar refractivity (Wildman–Crippen MR) is 168 cm³/mol. The number of methoxy groups -OCH3 is 1. The van der Waals surface area contributed by atoms with Gasteiger partial charge in [-0.1, -0.05) is 35.9 Å². The zero-order valence-electron chi connectivity index (χ0n) is 24.7. The number of nitrogens with zero attached hydrogens (tertiary/aromatic N) is 3. The number of hydrogen-bond acceptors (Lipinski definition) is 5. The highest BCUT2D eigenvalue weighted by molar-refractivity contribution is 6.30. The molecule has 1 fully saturated rings. The average molecular weight is 589 g/mol. The lowest BCUT2D eigenvalue weighted by molar-refractivity contribution is -0.121. The Labute approximate surface area is 253 Å². The van der Waals surface area contributed by atoms with Crippen molar-refractivity contribution in [2.75, 3.05) is 26.7 Å². The summed E-state index contributed by atoms with van der Waals surface area (Å²) >= 11 is 6.03. The highest BCUT2D eigenvalue weighted by atomic mass is 35.5. The summed E-state index contributed by atoms with van der Waals surface area (Å²) in [5.41, 5.74) is 4.46.